The number of rotatable bonds is 16. The average molecular weight is 300 g/mol. The lowest BCUT2D eigenvalue weighted by Gasteiger charge is -2.03. The van der Waals surface area contributed by atoms with Crippen LogP contribution in [0.5, 0.6) is 0 Å². The van der Waals surface area contributed by atoms with Crippen molar-refractivity contribution in [2.75, 3.05) is 0 Å². The number of unbranched alkanes of at least 4 members (excludes halogenated alkanes) is 14. The van der Waals surface area contributed by atoms with Crippen LogP contribution in [0.3, 0.4) is 0 Å². The Morgan fingerprint density at radius 3 is 1.24 bits per heavy atom. The van der Waals surface area contributed by atoms with E-state index in [1.807, 2.05) is 0 Å². The van der Waals surface area contributed by atoms with Crippen molar-refractivity contribution in [2.45, 2.75) is 116 Å². The minimum atomic E-state index is -1.21. The summed E-state index contributed by atoms with van der Waals surface area (Å²) in [7, 11) is 0. The third-order valence-electron chi connectivity index (χ3n) is 4.37. The van der Waals surface area contributed by atoms with Crippen LogP contribution >= 0.6 is 0 Å². The molecule has 0 unspecified atom stereocenters. The number of hydrogen-bond acceptors (Lipinski definition) is 3. The van der Waals surface area contributed by atoms with Gasteiger partial charge in [0.05, 0.1) is 0 Å². The normalized spacial score (nSPS) is 16.3. The van der Waals surface area contributed by atoms with E-state index in [2.05, 4.69) is 16.7 Å². The maximum atomic E-state index is 9.29. The van der Waals surface area contributed by atoms with Gasteiger partial charge >= 0.3 is 5.97 Å². The highest BCUT2D eigenvalue weighted by Gasteiger charge is 2.46. The van der Waals surface area contributed by atoms with Crippen LogP contribution in [-0.2, 0) is 9.78 Å². The summed E-state index contributed by atoms with van der Waals surface area (Å²) in [6.07, 6.45) is 21.0. The first kappa shape index (κ1) is 18.9. The molecule has 1 aliphatic rings. The Morgan fingerprint density at radius 2 is 0.905 bits per heavy atom. The lowest BCUT2D eigenvalue weighted by molar-refractivity contribution is 0.0191. The third kappa shape index (κ3) is 12.1. The van der Waals surface area contributed by atoms with Crippen molar-refractivity contribution < 1.29 is 14.9 Å². The Morgan fingerprint density at radius 1 is 0.571 bits per heavy atom. The predicted octanol–water partition coefficient (Wildman–Crippen LogP) is 5.86. The topological polar surface area (TPSA) is 45.3 Å². The van der Waals surface area contributed by atoms with E-state index in [9.17, 15) is 5.11 Å². The molecule has 0 aromatic carbocycles. The van der Waals surface area contributed by atoms with Crippen molar-refractivity contribution in [3.8, 4) is 0 Å². The molecule has 126 valence electrons. The van der Waals surface area contributed by atoms with Crippen LogP contribution in [-0.4, -0.2) is 11.1 Å². The van der Waals surface area contributed by atoms with Gasteiger partial charge in [0.15, 0.2) is 0 Å². The van der Waals surface area contributed by atoms with E-state index in [0.717, 1.165) is 6.42 Å². The molecular weight excluding hydrogens is 264 g/mol. The highest BCUT2D eigenvalue weighted by atomic mass is 17.4. The van der Waals surface area contributed by atoms with Crippen molar-refractivity contribution >= 4 is 0 Å². The summed E-state index contributed by atoms with van der Waals surface area (Å²) in [6, 6.07) is 0. The minimum absolute atomic E-state index is 0.616. The van der Waals surface area contributed by atoms with Gasteiger partial charge < -0.3 is 5.11 Å². The fourth-order valence-electron chi connectivity index (χ4n) is 2.85. The van der Waals surface area contributed by atoms with Crippen molar-refractivity contribution in [2.24, 2.45) is 0 Å². The molecule has 0 radical (unpaired) electrons. The molecule has 1 rings (SSSR count). The SMILES string of the molecule is CCCCCCCCCCCCCCCCCC1(O)OO1. The predicted molar refractivity (Wildman–Crippen MR) is 86.7 cm³/mol. The fraction of sp³-hybridized carbons (Fsp3) is 1.00. The van der Waals surface area contributed by atoms with Gasteiger partial charge in [-0.25, -0.2) is 0 Å². The van der Waals surface area contributed by atoms with E-state index in [-0.39, 0.29) is 0 Å². The molecule has 0 aromatic heterocycles. The molecule has 1 heterocycles. The molecule has 0 spiro atoms. The first-order valence-electron chi connectivity index (χ1n) is 9.36. The molecule has 1 saturated heterocycles. The molecule has 3 nitrogen and oxygen atoms in total. The van der Waals surface area contributed by atoms with Crippen LogP contribution < -0.4 is 0 Å². The summed E-state index contributed by atoms with van der Waals surface area (Å²) in [5.41, 5.74) is 0. The lowest BCUT2D eigenvalue weighted by Crippen LogP contribution is -2.07. The molecule has 0 aromatic rings. The van der Waals surface area contributed by atoms with Crippen LogP contribution in [0.25, 0.3) is 0 Å². The van der Waals surface area contributed by atoms with Crippen molar-refractivity contribution in [1.29, 1.82) is 0 Å². The van der Waals surface area contributed by atoms with Crippen molar-refractivity contribution in [3.63, 3.8) is 0 Å². The maximum absolute atomic E-state index is 9.29. The van der Waals surface area contributed by atoms with E-state index in [4.69, 9.17) is 0 Å². The van der Waals surface area contributed by atoms with Crippen LogP contribution in [0.2, 0.25) is 0 Å². The van der Waals surface area contributed by atoms with Gasteiger partial charge in [-0.2, -0.15) is 9.78 Å². The summed E-state index contributed by atoms with van der Waals surface area (Å²) in [5, 5.41) is 9.29. The Kier molecular flexibility index (Phi) is 11.2. The van der Waals surface area contributed by atoms with Gasteiger partial charge in [-0.15, -0.1) is 0 Å². The van der Waals surface area contributed by atoms with Gasteiger partial charge in [0.25, 0.3) is 0 Å². The first-order valence-corrected chi connectivity index (χ1v) is 9.36. The summed E-state index contributed by atoms with van der Waals surface area (Å²) in [5.74, 6) is -1.21. The molecule has 0 aliphatic carbocycles. The zero-order valence-corrected chi connectivity index (χ0v) is 14.1. The summed E-state index contributed by atoms with van der Waals surface area (Å²) >= 11 is 0. The zero-order valence-electron chi connectivity index (χ0n) is 14.1. The Bertz CT molecular complexity index is 227. The largest absolute Gasteiger partial charge is 0.340 e. The van der Waals surface area contributed by atoms with E-state index < -0.39 is 5.97 Å². The van der Waals surface area contributed by atoms with E-state index in [1.165, 1.54) is 89.9 Å². The smallest absolute Gasteiger partial charge is 0.337 e. The number of aliphatic hydroxyl groups is 1. The van der Waals surface area contributed by atoms with Gasteiger partial charge in [-0.3, -0.25) is 0 Å². The van der Waals surface area contributed by atoms with Gasteiger partial charge in [-0.1, -0.05) is 96.8 Å². The molecule has 1 N–H and O–H groups in total. The highest BCUT2D eigenvalue weighted by Crippen LogP contribution is 2.31. The second-order valence-corrected chi connectivity index (χ2v) is 6.58. The summed E-state index contributed by atoms with van der Waals surface area (Å²) in [4.78, 5) is 8.94. The Balaban J connectivity index is 1.63. The summed E-state index contributed by atoms with van der Waals surface area (Å²) < 4.78 is 0. The molecular formula is C18H36O3. The van der Waals surface area contributed by atoms with Crippen LogP contribution in [0.4, 0.5) is 0 Å². The Labute approximate surface area is 131 Å². The van der Waals surface area contributed by atoms with Crippen molar-refractivity contribution in [3.05, 3.63) is 0 Å². The third-order valence-corrected chi connectivity index (χ3v) is 4.37. The van der Waals surface area contributed by atoms with E-state index in [1.54, 1.807) is 0 Å². The van der Waals surface area contributed by atoms with Gasteiger partial charge in [-0.05, 0) is 6.42 Å². The zero-order chi connectivity index (χ0) is 15.2. The van der Waals surface area contributed by atoms with Gasteiger partial charge in [0, 0.05) is 6.42 Å². The molecule has 0 amide bonds. The second kappa shape index (κ2) is 12.4. The van der Waals surface area contributed by atoms with Gasteiger partial charge in [0.1, 0.15) is 0 Å². The monoisotopic (exact) mass is 300 g/mol. The molecule has 0 atom stereocenters. The van der Waals surface area contributed by atoms with Crippen LogP contribution in [0.15, 0.2) is 0 Å². The van der Waals surface area contributed by atoms with Crippen molar-refractivity contribution in [1.82, 2.24) is 0 Å². The molecule has 0 saturated carbocycles. The lowest BCUT2D eigenvalue weighted by atomic mass is 10.0. The molecule has 3 heteroatoms. The van der Waals surface area contributed by atoms with E-state index in [0.29, 0.717) is 6.42 Å². The van der Waals surface area contributed by atoms with Crippen LogP contribution in [0.1, 0.15) is 110 Å². The molecule has 21 heavy (non-hydrogen) atoms. The second-order valence-electron chi connectivity index (χ2n) is 6.58. The maximum Gasteiger partial charge on any atom is 0.337 e. The molecule has 1 aliphatic heterocycles. The first-order chi connectivity index (χ1) is 10.3. The van der Waals surface area contributed by atoms with E-state index >= 15 is 0 Å². The average Bonchev–Trinajstić information content (AvgIpc) is 3.21. The standard InChI is InChI=1S/C18H36O3/c1-2-3-4-5-6-7-8-9-10-11-12-13-14-15-16-17-18(19)20-21-18/h19H,2-17H2,1H3. The quantitative estimate of drug-likeness (QED) is 0.221. The summed E-state index contributed by atoms with van der Waals surface area (Å²) in [6.45, 7) is 2.28. The highest BCUT2D eigenvalue weighted by molar-refractivity contribution is 4.58. The minimum Gasteiger partial charge on any atom is -0.340 e. The van der Waals surface area contributed by atoms with Crippen LogP contribution in [0, 0.1) is 0 Å². The molecule has 0 bridgehead atoms. The Hall–Kier alpha value is -0.120. The molecule has 1 fully saturated rings. The fourth-order valence-corrected chi connectivity index (χ4v) is 2.85. The number of hydrogen-bond donors (Lipinski definition) is 1. The van der Waals surface area contributed by atoms with Gasteiger partial charge in [0.2, 0.25) is 0 Å².